The van der Waals surface area contributed by atoms with E-state index in [0.29, 0.717) is 6.04 Å². The predicted octanol–water partition coefficient (Wildman–Crippen LogP) is 4.41. The molecule has 4 rings (SSSR count). The molecular weight excluding hydrogens is 324 g/mol. The van der Waals surface area contributed by atoms with Crippen LogP contribution in [0.1, 0.15) is 68.3 Å². The summed E-state index contributed by atoms with van der Waals surface area (Å²) in [6.07, 6.45) is 8.70. The Morgan fingerprint density at radius 3 is 2.62 bits per heavy atom. The van der Waals surface area contributed by atoms with Crippen molar-refractivity contribution >= 4 is 11.7 Å². The molecule has 1 atom stereocenters. The zero-order valence-corrected chi connectivity index (χ0v) is 15.7. The SMILES string of the molecule is CC(C)n1ncc2c1CC(NC(=O)Nc1ccc(C3CCC3)cc1)CC2. The number of hydrogen-bond acceptors (Lipinski definition) is 2. The van der Waals surface area contributed by atoms with Crippen LogP contribution >= 0.6 is 0 Å². The third kappa shape index (κ3) is 3.48. The number of nitrogens with one attached hydrogen (secondary N) is 2. The highest BCUT2D eigenvalue weighted by atomic mass is 16.2. The average Bonchev–Trinajstić information content (AvgIpc) is 2.98. The molecule has 2 N–H and O–H groups in total. The van der Waals surface area contributed by atoms with E-state index >= 15 is 0 Å². The van der Waals surface area contributed by atoms with Gasteiger partial charge in [0.25, 0.3) is 0 Å². The molecule has 1 unspecified atom stereocenters. The number of aromatic nitrogens is 2. The summed E-state index contributed by atoms with van der Waals surface area (Å²) < 4.78 is 2.08. The maximum Gasteiger partial charge on any atom is 0.319 e. The number of hydrogen-bond donors (Lipinski definition) is 2. The first kappa shape index (κ1) is 17.1. The van der Waals surface area contributed by atoms with Gasteiger partial charge >= 0.3 is 6.03 Å². The van der Waals surface area contributed by atoms with Gasteiger partial charge in [0.05, 0.1) is 6.20 Å². The van der Waals surface area contributed by atoms with Gasteiger partial charge in [0.15, 0.2) is 0 Å². The van der Waals surface area contributed by atoms with Crippen molar-refractivity contribution in [2.24, 2.45) is 0 Å². The maximum absolute atomic E-state index is 12.4. The first-order chi connectivity index (χ1) is 12.6. The quantitative estimate of drug-likeness (QED) is 0.856. The fourth-order valence-corrected chi connectivity index (χ4v) is 4.02. The summed E-state index contributed by atoms with van der Waals surface area (Å²) in [4.78, 5) is 12.4. The van der Waals surface area contributed by atoms with Gasteiger partial charge in [0, 0.05) is 29.9 Å². The highest BCUT2D eigenvalue weighted by Crippen LogP contribution is 2.36. The molecule has 1 fully saturated rings. The lowest BCUT2D eigenvalue weighted by molar-refractivity contribution is 0.247. The van der Waals surface area contributed by atoms with Crippen LogP contribution in [0.25, 0.3) is 0 Å². The lowest BCUT2D eigenvalue weighted by Gasteiger charge is -2.26. The Bertz CT molecular complexity index is 774. The van der Waals surface area contributed by atoms with Crippen LogP contribution in [0.2, 0.25) is 0 Å². The lowest BCUT2D eigenvalue weighted by atomic mass is 9.80. The van der Waals surface area contributed by atoms with E-state index in [9.17, 15) is 4.79 Å². The van der Waals surface area contributed by atoms with Crippen LogP contribution in [0.4, 0.5) is 10.5 Å². The molecule has 2 aliphatic rings. The maximum atomic E-state index is 12.4. The van der Waals surface area contributed by atoms with Crippen molar-refractivity contribution in [1.82, 2.24) is 15.1 Å². The van der Waals surface area contributed by atoms with E-state index in [1.54, 1.807) is 0 Å². The van der Waals surface area contributed by atoms with Gasteiger partial charge in [-0.15, -0.1) is 0 Å². The third-order valence-corrected chi connectivity index (χ3v) is 5.76. The number of carbonyl (C=O) groups excluding carboxylic acids is 1. The van der Waals surface area contributed by atoms with Crippen molar-refractivity contribution in [1.29, 1.82) is 0 Å². The van der Waals surface area contributed by atoms with E-state index in [-0.39, 0.29) is 12.1 Å². The molecule has 26 heavy (non-hydrogen) atoms. The lowest BCUT2D eigenvalue weighted by Crippen LogP contribution is -2.41. The van der Waals surface area contributed by atoms with Crippen molar-refractivity contribution in [3.05, 3.63) is 47.3 Å². The minimum absolute atomic E-state index is 0.120. The van der Waals surface area contributed by atoms with Crippen LogP contribution in [0.15, 0.2) is 30.5 Å². The van der Waals surface area contributed by atoms with Gasteiger partial charge in [-0.1, -0.05) is 18.6 Å². The Morgan fingerprint density at radius 1 is 1.19 bits per heavy atom. The fraction of sp³-hybridized carbons (Fsp3) is 0.524. The van der Waals surface area contributed by atoms with Crippen LogP contribution in [0.3, 0.4) is 0 Å². The van der Waals surface area contributed by atoms with Crippen LogP contribution in [0, 0.1) is 0 Å². The molecule has 2 amide bonds. The third-order valence-electron chi connectivity index (χ3n) is 5.76. The van der Waals surface area contributed by atoms with E-state index in [1.807, 2.05) is 18.3 Å². The summed E-state index contributed by atoms with van der Waals surface area (Å²) in [5.74, 6) is 0.722. The number of nitrogens with zero attached hydrogens (tertiary/aromatic N) is 2. The minimum Gasteiger partial charge on any atom is -0.335 e. The number of aryl methyl sites for hydroxylation is 1. The Labute approximate surface area is 155 Å². The molecule has 1 aromatic heterocycles. The standard InChI is InChI=1S/C21H28N4O/c1-14(2)25-20-12-19(11-8-17(20)13-22-25)24-21(26)23-18-9-6-16(7-10-18)15-4-3-5-15/h6-7,9-10,13-15,19H,3-5,8,11-12H2,1-2H3,(H2,23,24,26). The number of anilines is 1. The second-order valence-electron chi connectivity index (χ2n) is 7.94. The van der Waals surface area contributed by atoms with Crippen molar-refractivity contribution in [3.8, 4) is 0 Å². The monoisotopic (exact) mass is 352 g/mol. The summed E-state index contributed by atoms with van der Waals surface area (Å²) in [6, 6.07) is 8.71. The average molecular weight is 352 g/mol. The zero-order chi connectivity index (χ0) is 18.1. The van der Waals surface area contributed by atoms with Gasteiger partial charge in [-0.05, 0) is 68.7 Å². The van der Waals surface area contributed by atoms with Crippen LogP contribution < -0.4 is 10.6 Å². The number of carbonyl (C=O) groups is 1. The second-order valence-corrected chi connectivity index (χ2v) is 7.94. The van der Waals surface area contributed by atoms with E-state index in [2.05, 4.69) is 46.4 Å². The van der Waals surface area contributed by atoms with E-state index in [0.717, 1.165) is 30.9 Å². The normalized spacial score (nSPS) is 19.7. The van der Waals surface area contributed by atoms with Gasteiger partial charge in [-0.2, -0.15) is 5.10 Å². The summed E-state index contributed by atoms with van der Waals surface area (Å²) in [6.45, 7) is 4.29. The molecule has 0 radical (unpaired) electrons. The molecule has 0 bridgehead atoms. The Kier molecular flexibility index (Phi) is 4.70. The molecule has 2 aromatic rings. The Morgan fingerprint density at radius 2 is 1.96 bits per heavy atom. The Balaban J connectivity index is 1.34. The largest absolute Gasteiger partial charge is 0.335 e. The molecule has 5 heteroatoms. The smallest absolute Gasteiger partial charge is 0.319 e. The highest BCUT2D eigenvalue weighted by molar-refractivity contribution is 5.89. The van der Waals surface area contributed by atoms with Crippen LogP contribution in [0.5, 0.6) is 0 Å². The molecule has 0 saturated heterocycles. The van der Waals surface area contributed by atoms with E-state index < -0.39 is 0 Å². The molecule has 1 aromatic carbocycles. The predicted molar refractivity (Wildman–Crippen MR) is 104 cm³/mol. The van der Waals surface area contributed by atoms with Gasteiger partial charge in [-0.25, -0.2) is 4.79 Å². The van der Waals surface area contributed by atoms with Gasteiger partial charge in [0.1, 0.15) is 0 Å². The summed E-state index contributed by atoms with van der Waals surface area (Å²) in [5.41, 5.74) is 4.84. The molecule has 138 valence electrons. The molecule has 1 saturated carbocycles. The Hall–Kier alpha value is -2.30. The summed E-state index contributed by atoms with van der Waals surface area (Å²) in [7, 11) is 0. The molecule has 0 aliphatic heterocycles. The first-order valence-electron chi connectivity index (χ1n) is 9.83. The minimum atomic E-state index is -0.120. The van der Waals surface area contributed by atoms with Crippen molar-refractivity contribution < 1.29 is 4.79 Å². The number of rotatable bonds is 4. The first-order valence-corrected chi connectivity index (χ1v) is 9.83. The summed E-state index contributed by atoms with van der Waals surface area (Å²) >= 11 is 0. The molecule has 0 spiro atoms. The van der Waals surface area contributed by atoms with Crippen molar-refractivity contribution in [2.75, 3.05) is 5.32 Å². The van der Waals surface area contributed by atoms with Gasteiger partial charge in [0.2, 0.25) is 0 Å². The van der Waals surface area contributed by atoms with Crippen LogP contribution in [-0.2, 0) is 12.8 Å². The van der Waals surface area contributed by atoms with Crippen molar-refractivity contribution in [2.45, 2.75) is 70.4 Å². The van der Waals surface area contributed by atoms with Gasteiger partial charge < -0.3 is 10.6 Å². The number of amides is 2. The fourth-order valence-electron chi connectivity index (χ4n) is 4.02. The number of urea groups is 1. The second kappa shape index (κ2) is 7.14. The van der Waals surface area contributed by atoms with Crippen LogP contribution in [-0.4, -0.2) is 21.9 Å². The zero-order valence-electron chi connectivity index (χ0n) is 15.7. The number of benzene rings is 1. The van der Waals surface area contributed by atoms with E-state index in [1.165, 1.54) is 36.1 Å². The molecule has 2 aliphatic carbocycles. The van der Waals surface area contributed by atoms with Gasteiger partial charge in [-0.3, -0.25) is 4.68 Å². The van der Waals surface area contributed by atoms with E-state index in [4.69, 9.17) is 0 Å². The molecular formula is C21H28N4O. The molecule has 5 nitrogen and oxygen atoms in total. The van der Waals surface area contributed by atoms with Crippen molar-refractivity contribution in [3.63, 3.8) is 0 Å². The molecule has 1 heterocycles. The highest BCUT2D eigenvalue weighted by Gasteiger charge is 2.24. The number of fused-ring (bicyclic) bond motifs is 1. The summed E-state index contributed by atoms with van der Waals surface area (Å²) in [5, 5.41) is 10.6. The topological polar surface area (TPSA) is 59.0 Å².